The Labute approximate surface area is 208 Å². The zero-order valence-corrected chi connectivity index (χ0v) is 23.3. The van der Waals surface area contributed by atoms with Crippen LogP contribution in [0.3, 0.4) is 0 Å². The van der Waals surface area contributed by atoms with Crippen LogP contribution < -0.4 is 73.8 Å². The van der Waals surface area contributed by atoms with Gasteiger partial charge in [-0.3, -0.25) is 4.57 Å². The predicted octanol–water partition coefficient (Wildman–Crippen LogP) is 2.73. The molecule has 0 spiro atoms. The molecule has 0 fully saturated rings. The summed E-state index contributed by atoms with van der Waals surface area (Å²) in [7, 11) is -4.51. The van der Waals surface area contributed by atoms with Crippen molar-refractivity contribution in [1.82, 2.24) is 0 Å². The van der Waals surface area contributed by atoms with E-state index in [0.717, 1.165) is 12.8 Å². The first kappa shape index (κ1) is 28.4. The summed E-state index contributed by atoms with van der Waals surface area (Å²) in [6.45, 7) is 2.37. The van der Waals surface area contributed by atoms with Gasteiger partial charge in [0.2, 0.25) is 0 Å². The van der Waals surface area contributed by atoms with Gasteiger partial charge in [-0.2, -0.15) is 0 Å². The van der Waals surface area contributed by atoms with E-state index >= 15 is 0 Å². The summed E-state index contributed by atoms with van der Waals surface area (Å²) in [4.78, 5) is 18.8. The van der Waals surface area contributed by atoms with Crippen LogP contribution in [-0.2, 0) is 9.09 Å². The van der Waals surface area contributed by atoms with Crippen LogP contribution in [0.25, 0.3) is 0 Å². The smallest absolute Gasteiger partial charge is 0.756 e. The standard InChI is InChI=1S/C18H39O4P.Cs/c1-2-3-4-5-6-7-8-9-10-11-12-13-14-15-16-17-18-22-23(19,20)21;/h2-18H2,1H3,(H2,19,20,21);/q;+1/p-1. The molecular formula is C18H38CsO4P. The van der Waals surface area contributed by atoms with Gasteiger partial charge >= 0.3 is 68.9 Å². The first-order valence-electron chi connectivity index (χ1n) is 9.74. The molecule has 0 bridgehead atoms. The second-order valence-corrected chi connectivity index (χ2v) is 7.80. The van der Waals surface area contributed by atoms with E-state index in [0.29, 0.717) is 6.42 Å². The fourth-order valence-electron chi connectivity index (χ4n) is 2.83. The SMILES string of the molecule is CCCCCCCCCCCCCCCCCCOP(=O)([O-])O.[Cs+]. The molecule has 0 saturated heterocycles. The van der Waals surface area contributed by atoms with E-state index in [1.165, 1.54) is 83.5 Å². The number of phosphoric acid groups is 1. The van der Waals surface area contributed by atoms with E-state index < -0.39 is 7.82 Å². The van der Waals surface area contributed by atoms with Gasteiger partial charge in [0.05, 0.1) is 6.61 Å². The molecule has 1 atom stereocenters. The molecule has 0 aliphatic carbocycles. The first-order chi connectivity index (χ1) is 11.1. The number of rotatable bonds is 18. The zero-order valence-electron chi connectivity index (χ0n) is 16.1. The molecule has 1 N–H and O–H groups in total. The summed E-state index contributed by atoms with van der Waals surface area (Å²) in [6.07, 6.45) is 20.5. The molecule has 24 heavy (non-hydrogen) atoms. The van der Waals surface area contributed by atoms with Gasteiger partial charge in [0.15, 0.2) is 0 Å². The Morgan fingerprint density at radius 1 is 0.708 bits per heavy atom. The number of phosphoric ester groups is 1. The molecule has 0 aliphatic rings. The van der Waals surface area contributed by atoms with Gasteiger partial charge in [-0.15, -0.1) is 0 Å². The average molecular weight is 482 g/mol. The second-order valence-electron chi connectivity index (χ2n) is 6.61. The van der Waals surface area contributed by atoms with Gasteiger partial charge in [-0.1, -0.05) is 103 Å². The summed E-state index contributed by atoms with van der Waals surface area (Å²) in [6, 6.07) is 0. The molecule has 6 heteroatoms. The summed E-state index contributed by atoms with van der Waals surface area (Å²) in [5.74, 6) is 0. The van der Waals surface area contributed by atoms with Crippen molar-refractivity contribution in [2.24, 2.45) is 0 Å². The van der Waals surface area contributed by atoms with Gasteiger partial charge in [0.25, 0.3) is 7.82 Å². The van der Waals surface area contributed by atoms with Crippen LogP contribution in [0.4, 0.5) is 0 Å². The van der Waals surface area contributed by atoms with E-state index in [2.05, 4.69) is 11.4 Å². The Bertz CT molecular complexity index is 284. The number of hydrogen-bond donors (Lipinski definition) is 1. The van der Waals surface area contributed by atoms with Crippen molar-refractivity contribution in [3.8, 4) is 0 Å². The summed E-state index contributed by atoms with van der Waals surface area (Å²) in [5.41, 5.74) is 0. The quantitative estimate of drug-likeness (QED) is 0.241. The van der Waals surface area contributed by atoms with Gasteiger partial charge in [0.1, 0.15) is 0 Å². The van der Waals surface area contributed by atoms with Gasteiger partial charge in [-0.25, -0.2) is 0 Å². The Morgan fingerprint density at radius 3 is 1.29 bits per heavy atom. The van der Waals surface area contributed by atoms with Crippen molar-refractivity contribution in [2.45, 2.75) is 110 Å². The van der Waals surface area contributed by atoms with Crippen molar-refractivity contribution in [2.75, 3.05) is 6.61 Å². The fraction of sp³-hybridized carbons (Fsp3) is 1.00. The van der Waals surface area contributed by atoms with E-state index in [-0.39, 0.29) is 75.5 Å². The van der Waals surface area contributed by atoms with Crippen LogP contribution in [0.2, 0.25) is 0 Å². The zero-order chi connectivity index (χ0) is 17.2. The van der Waals surface area contributed by atoms with E-state index in [9.17, 15) is 9.46 Å². The molecule has 0 aromatic rings. The minimum absolute atomic E-state index is 0. The molecule has 1 unspecified atom stereocenters. The molecule has 140 valence electrons. The van der Waals surface area contributed by atoms with Crippen molar-refractivity contribution in [3.63, 3.8) is 0 Å². The predicted molar refractivity (Wildman–Crippen MR) is 95.3 cm³/mol. The maximum absolute atomic E-state index is 10.4. The molecule has 4 nitrogen and oxygen atoms in total. The molecule has 0 amide bonds. The van der Waals surface area contributed by atoms with Crippen LogP contribution >= 0.6 is 7.82 Å². The van der Waals surface area contributed by atoms with E-state index in [1.54, 1.807) is 0 Å². The summed E-state index contributed by atoms with van der Waals surface area (Å²) < 4.78 is 14.7. The minimum Gasteiger partial charge on any atom is -0.756 e. The van der Waals surface area contributed by atoms with Crippen LogP contribution in [0.1, 0.15) is 110 Å². The second kappa shape index (κ2) is 21.5. The normalized spacial score (nSPS) is 13.5. The molecule has 0 aromatic carbocycles. The molecule has 0 radical (unpaired) electrons. The minimum atomic E-state index is -4.51. The monoisotopic (exact) mass is 482 g/mol. The number of hydrogen-bond acceptors (Lipinski definition) is 3. The van der Waals surface area contributed by atoms with Crippen molar-refractivity contribution < 1.29 is 87.8 Å². The number of unbranched alkanes of at least 4 members (excludes halogenated alkanes) is 15. The Kier molecular flexibility index (Phi) is 25.4. The Hall–Kier alpha value is 2.16. The summed E-state index contributed by atoms with van der Waals surface area (Å²) >= 11 is 0. The van der Waals surface area contributed by atoms with Crippen molar-refractivity contribution in [3.05, 3.63) is 0 Å². The van der Waals surface area contributed by atoms with Crippen LogP contribution in [0.15, 0.2) is 0 Å². The third kappa shape index (κ3) is 26.4. The molecule has 0 heterocycles. The Balaban J connectivity index is 0. The average Bonchev–Trinajstić information content (AvgIpc) is 2.49. The van der Waals surface area contributed by atoms with Crippen LogP contribution in [-0.4, -0.2) is 11.5 Å². The topological polar surface area (TPSA) is 69.6 Å². The largest absolute Gasteiger partial charge is 1.00 e. The molecule has 0 rings (SSSR count). The van der Waals surface area contributed by atoms with Crippen molar-refractivity contribution in [1.29, 1.82) is 0 Å². The third-order valence-electron chi connectivity index (χ3n) is 4.25. The molecule has 0 aliphatic heterocycles. The molecular weight excluding hydrogens is 444 g/mol. The van der Waals surface area contributed by atoms with Crippen molar-refractivity contribution >= 4 is 7.82 Å². The van der Waals surface area contributed by atoms with Crippen LogP contribution in [0.5, 0.6) is 0 Å². The van der Waals surface area contributed by atoms with Gasteiger partial charge in [-0.05, 0) is 6.42 Å². The fourth-order valence-corrected chi connectivity index (χ4v) is 3.19. The Morgan fingerprint density at radius 2 is 1.00 bits per heavy atom. The van der Waals surface area contributed by atoms with E-state index in [4.69, 9.17) is 4.89 Å². The first-order valence-corrected chi connectivity index (χ1v) is 11.2. The van der Waals surface area contributed by atoms with Gasteiger partial charge in [0, 0.05) is 0 Å². The maximum Gasteiger partial charge on any atom is 1.00 e. The van der Waals surface area contributed by atoms with Crippen LogP contribution in [0, 0.1) is 0 Å². The molecule has 0 aromatic heterocycles. The third-order valence-corrected chi connectivity index (χ3v) is 4.76. The molecule has 0 saturated carbocycles. The van der Waals surface area contributed by atoms with E-state index in [1.807, 2.05) is 0 Å². The maximum atomic E-state index is 10.4. The van der Waals surface area contributed by atoms with Gasteiger partial charge < -0.3 is 14.3 Å². The summed E-state index contributed by atoms with van der Waals surface area (Å²) in [5, 5.41) is 0.